The Morgan fingerprint density at radius 2 is 2.00 bits per heavy atom. The van der Waals surface area contributed by atoms with Crippen LogP contribution in [0.5, 0.6) is 0 Å². The zero-order valence-electron chi connectivity index (χ0n) is 9.88. The number of aromatic nitrogens is 3. The van der Waals surface area contributed by atoms with Crippen LogP contribution in [0.25, 0.3) is 16.9 Å². The van der Waals surface area contributed by atoms with E-state index in [0.717, 1.165) is 28.3 Å². The topological polar surface area (TPSA) is 30.2 Å². The highest BCUT2D eigenvalue weighted by molar-refractivity contribution is 5.65. The monoisotopic (exact) mass is 223 g/mol. The predicted molar refractivity (Wildman–Crippen MR) is 67.9 cm³/mol. The number of aryl methyl sites for hydroxylation is 2. The molecule has 0 saturated heterocycles. The van der Waals surface area contributed by atoms with Gasteiger partial charge in [0.15, 0.2) is 0 Å². The fourth-order valence-corrected chi connectivity index (χ4v) is 2.08. The van der Waals surface area contributed by atoms with Gasteiger partial charge in [0.2, 0.25) is 0 Å². The van der Waals surface area contributed by atoms with Crippen molar-refractivity contribution in [2.75, 3.05) is 0 Å². The van der Waals surface area contributed by atoms with E-state index in [4.69, 9.17) is 0 Å². The fourth-order valence-electron chi connectivity index (χ4n) is 2.08. The number of imidazole rings is 1. The first kappa shape index (κ1) is 10.0. The van der Waals surface area contributed by atoms with Crippen LogP contribution in [0.4, 0.5) is 0 Å². The Hall–Kier alpha value is -2.16. The van der Waals surface area contributed by atoms with E-state index in [9.17, 15) is 0 Å². The van der Waals surface area contributed by atoms with Gasteiger partial charge in [-0.25, -0.2) is 4.98 Å². The first-order chi connectivity index (χ1) is 8.25. The Kier molecular flexibility index (Phi) is 2.18. The fraction of sp³-hybridized carbons (Fsp3) is 0.143. The van der Waals surface area contributed by atoms with Crippen molar-refractivity contribution in [3.8, 4) is 11.4 Å². The highest BCUT2D eigenvalue weighted by Gasteiger charge is 2.09. The third-order valence-corrected chi connectivity index (χ3v) is 2.89. The minimum atomic E-state index is 0.976. The summed E-state index contributed by atoms with van der Waals surface area (Å²) in [6, 6.07) is 10.2. The van der Waals surface area contributed by atoms with Crippen molar-refractivity contribution in [1.29, 1.82) is 0 Å². The van der Waals surface area contributed by atoms with Crippen LogP contribution in [0.1, 0.15) is 11.4 Å². The van der Waals surface area contributed by atoms with Gasteiger partial charge in [0, 0.05) is 23.7 Å². The molecule has 3 heterocycles. The van der Waals surface area contributed by atoms with Crippen molar-refractivity contribution in [3.63, 3.8) is 0 Å². The van der Waals surface area contributed by atoms with Crippen LogP contribution < -0.4 is 0 Å². The standard InChI is InChI=1S/C14H13N3/c1-10-9-12(6-7-15-10)14-16-11(2)13-5-3-4-8-17(13)14/h3-9H,1-2H3. The SMILES string of the molecule is Cc1cc(-c2nc(C)c3ccccn23)ccn1. The summed E-state index contributed by atoms with van der Waals surface area (Å²) in [6.07, 6.45) is 3.87. The molecular weight excluding hydrogens is 210 g/mol. The van der Waals surface area contributed by atoms with Crippen molar-refractivity contribution >= 4 is 5.52 Å². The van der Waals surface area contributed by atoms with Crippen LogP contribution in [0.2, 0.25) is 0 Å². The van der Waals surface area contributed by atoms with Gasteiger partial charge in [-0.1, -0.05) is 6.07 Å². The van der Waals surface area contributed by atoms with Gasteiger partial charge < -0.3 is 0 Å². The molecule has 0 atom stereocenters. The molecule has 3 heteroatoms. The van der Waals surface area contributed by atoms with E-state index < -0.39 is 0 Å². The zero-order valence-corrected chi connectivity index (χ0v) is 9.88. The van der Waals surface area contributed by atoms with Gasteiger partial charge in [0.05, 0.1) is 11.2 Å². The van der Waals surface area contributed by atoms with E-state index in [0.29, 0.717) is 0 Å². The van der Waals surface area contributed by atoms with Crippen LogP contribution in [0.15, 0.2) is 42.7 Å². The van der Waals surface area contributed by atoms with Crippen LogP contribution in [-0.4, -0.2) is 14.4 Å². The molecule has 3 nitrogen and oxygen atoms in total. The lowest BCUT2D eigenvalue weighted by Gasteiger charge is -2.01. The summed E-state index contributed by atoms with van der Waals surface area (Å²) in [7, 11) is 0. The zero-order chi connectivity index (χ0) is 11.8. The van der Waals surface area contributed by atoms with Gasteiger partial charge in [-0.3, -0.25) is 9.38 Å². The first-order valence-electron chi connectivity index (χ1n) is 5.62. The second kappa shape index (κ2) is 3.70. The summed E-state index contributed by atoms with van der Waals surface area (Å²) in [5.41, 5.74) is 4.31. The summed E-state index contributed by atoms with van der Waals surface area (Å²) in [6.45, 7) is 4.03. The maximum absolute atomic E-state index is 4.64. The third kappa shape index (κ3) is 1.60. The van der Waals surface area contributed by atoms with E-state index in [1.807, 2.05) is 44.4 Å². The number of hydrogen-bond donors (Lipinski definition) is 0. The Morgan fingerprint density at radius 3 is 2.82 bits per heavy atom. The van der Waals surface area contributed by atoms with E-state index in [2.05, 4.69) is 26.5 Å². The highest BCUT2D eigenvalue weighted by Crippen LogP contribution is 2.22. The van der Waals surface area contributed by atoms with Crippen LogP contribution in [0, 0.1) is 13.8 Å². The molecule has 0 bridgehead atoms. The van der Waals surface area contributed by atoms with Gasteiger partial charge >= 0.3 is 0 Å². The quantitative estimate of drug-likeness (QED) is 0.634. The number of fused-ring (bicyclic) bond motifs is 1. The summed E-state index contributed by atoms with van der Waals surface area (Å²) in [5, 5.41) is 0. The maximum Gasteiger partial charge on any atom is 0.144 e. The lowest BCUT2D eigenvalue weighted by Crippen LogP contribution is -1.90. The normalized spacial score (nSPS) is 10.9. The average molecular weight is 223 g/mol. The molecule has 0 amide bonds. The third-order valence-electron chi connectivity index (χ3n) is 2.89. The molecule has 84 valence electrons. The predicted octanol–water partition coefficient (Wildman–Crippen LogP) is 3.01. The summed E-state index contributed by atoms with van der Waals surface area (Å²) in [4.78, 5) is 8.85. The smallest absolute Gasteiger partial charge is 0.144 e. The lowest BCUT2D eigenvalue weighted by molar-refractivity contribution is 1.14. The molecule has 0 fully saturated rings. The molecule has 0 radical (unpaired) electrons. The molecule has 17 heavy (non-hydrogen) atoms. The molecule has 0 spiro atoms. The molecule has 0 saturated carbocycles. The average Bonchev–Trinajstić information content (AvgIpc) is 2.68. The number of hydrogen-bond acceptors (Lipinski definition) is 2. The van der Waals surface area contributed by atoms with E-state index in [-0.39, 0.29) is 0 Å². The molecule has 0 aliphatic rings. The minimum Gasteiger partial charge on any atom is -0.300 e. The van der Waals surface area contributed by atoms with Gasteiger partial charge in [-0.2, -0.15) is 0 Å². The van der Waals surface area contributed by atoms with E-state index in [1.54, 1.807) is 0 Å². The Labute approximate surface area is 99.8 Å². The molecule has 0 aromatic carbocycles. The molecular formula is C14H13N3. The van der Waals surface area contributed by atoms with E-state index >= 15 is 0 Å². The second-order valence-corrected chi connectivity index (χ2v) is 4.16. The van der Waals surface area contributed by atoms with Crippen molar-refractivity contribution < 1.29 is 0 Å². The van der Waals surface area contributed by atoms with Crippen LogP contribution in [0.3, 0.4) is 0 Å². The molecule has 3 aromatic heterocycles. The van der Waals surface area contributed by atoms with E-state index in [1.165, 1.54) is 0 Å². The Morgan fingerprint density at radius 1 is 1.12 bits per heavy atom. The molecule has 0 aliphatic carbocycles. The molecule has 0 unspecified atom stereocenters. The summed E-state index contributed by atoms with van der Waals surface area (Å²) >= 11 is 0. The van der Waals surface area contributed by atoms with Crippen molar-refractivity contribution in [2.45, 2.75) is 13.8 Å². The second-order valence-electron chi connectivity index (χ2n) is 4.16. The molecule has 0 aliphatic heterocycles. The van der Waals surface area contributed by atoms with Crippen molar-refractivity contribution in [3.05, 3.63) is 54.1 Å². The van der Waals surface area contributed by atoms with Gasteiger partial charge in [-0.05, 0) is 38.1 Å². The lowest BCUT2D eigenvalue weighted by atomic mass is 10.2. The molecule has 3 rings (SSSR count). The van der Waals surface area contributed by atoms with Crippen LogP contribution >= 0.6 is 0 Å². The highest BCUT2D eigenvalue weighted by atomic mass is 15.0. The molecule has 3 aromatic rings. The minimum absolute atomic E-state index is 0.976. The summed E-state index contributed by atoms with van der Waals surface area (Å²) in [5.74, 6) is 0.976. The summed E-state index contributed by atoms with van der Waals surface area (Å²) < 4.78 is 2.12. The van der Waals surface area contributed by atoms with Crippen molar-refractivity contribution in [2.24, 2.45) is 0 Å². The van der Waals surface area contributed by atoms with Gasteiger partial charge in [0.1, 0.15) is 5.82 Å². The first-order valence-corrected chi connectivity index (χ1v) is 5.62. The number of nitrogens with zero attached hydrogens (tertiary/aromatic N) is 3. The Bertz CT molecular complexity index is 683. The van der Waals surface area contributed by atoms with Gasteiger partial charge in [0.25, 0.3) is 0 Å². The van der Waals surface area contributed by atoms with Gasteiger partial charge in [-0.15, -0.1) is 0 Å². The Balaban J connectivity index is 2.31. The number of pyridine rings is 2. The van der Waals surface area contributed by atoms with Crippen LogP contribution in [-0.2, 0) is 0 Å². The number of rotatable bonds is 1. The largest absolute Gasteiger partial charge is 0.300 e. The van der Waals surface area contributed by atoms with Crippen molar-refractivity contribution in [1.82, 2.24) is 14.4 Å². The maximum atomic E-state index is 4.64. The molecule has 0 N–H and O–H groups in total.